The lowest BCUT2D eigenvalue weighted by Gasteiger charge is -2.34. The molecule has 6 nitrogen and oxygen atoms in total. The van der Waals surface area contributed by atoms with Gasteiger partial charge in [0.2, 0.25) is 10.0 Å². The van der Waals surface area contributed by atoms with Crippen LogP contribution in [0.25, 0.3) is 0 Å². The number of hydrogen-bond acceptors (Lipinski definition) is 4. The predicted molar refractivity (Wildman–Crippen MR) is 102 cm³/mol. The van der Waals surface area contributed by atoms with Crippen molar-refractivity contribution in [1.82, 2.24) is 9.21 Å². The van der Waals surface area contributed by atoms with E-state index in [9.17, 15) is 22.4 Å². The fraction of sp³-hybridized carbons (Fsp3) is 0.300. The van der Waals surface area contributed by atoms with Crippen LogP contribution in [0.5, 0.6) is 0 Å². The molecule has 28 heavy (non-hydrogen) atoms. The Morgan fingerprint density at radius 1 is 0.964 bits per heavy atom. The highest BCUT2D eigenvalue weighted by Gasteiger charge is 2.31. The lowest BCUT2D eigenvalue weighted by molar-refractivity contribution is 0.0696. The zero-order chi connectivity index (χ0) is 20.5. The Balaban J connectivity index is 1.71. The van der Waals surface area contributed by atoms with Crippen molar-refractivity contribution in [3.05, 3.63) is 65.0 Å². The summed E-state index contributed by atoms with van der Waals surface area (Å²) in [6, 6.07) is 9.86. The topological polar surface area (TPSA) is 74.8 Å². The van der Waals surface area contributed by atoms with Gasteiger partial charge in [0.25, 0.3) is 5.91 Å². The number of nitrogens with zero attached hydrogens (tertiary/aromatic N) is 2. The molecule has 1 amide bonds. The van der Waals surface area contributed by atoms with Crippen LogP contribution >= 0.6 is 0 Å². The first-order valence-electron chi connectivity index (χ1n) is 8.87. The van der Waals surface area contributed by atoms with E-state index in [0.717, 1.165) is 0 Å². The Kier molecular flexibility index (Phi) is 5.62. The predicted octanol–water partition coefficient (Wildman–Crippen LogP) is 2.48. The highest BCUT2D eigenvalue weighted by atomic mass is 32.2. The zero-order valence-corrected chi connectivity index (χ0v) is 16.5. The lowest BCUT2D eigenvalue weighted by Crippen LogP contribution is -2.50. The van der Waals surface area contributed by atoms with Crippen LogP contribution in [0.15, 0.2) is 47.4 Å². The van der Waals surface area contributed by atoms with E-state index >= 15 is 0 Å². The molecule has 0 saturated carbocycles. The van der Waals surface area contributed by atoms with Crippen molar-refractivity contribution in [2.45, 2.75) is 18.7 Å². The van der Waals surface area contributed by atoms with Gasteiger partial charge in [-0.15, -0.1) is 0 Å². The van der Waals surface area contributed by atoms with E-state index in [1.165, 1.54) is 52.5 Å². The van der Waals surface area contributed by atoms with Gasteiger partial charge in [-0.05, 0) is 43.7 Å². The van der Waals surface area contributed by atoms with Crippen LogP contribution < -0.4 is 0 Å². The summed E-state index contributed by atoms with van der Waals surface area (Å²) in [7, 11) is -3.71. The molecule has 0 bridgehead atoms. The van der Waals surface area contributed by atoms with Crippen LogP contribution in [0.3, 0.4) is 0 Å². The molecule has 2 aromatic carbocycles. The largest absolute Gasteiger partial charge is 0.336 e. The Hall–Kier alpha value is -2.58. The van der Waals surface area contributed by atoms with Crippen molar-refractivity contribution >= 4 is 21.7 Å². The van der Waals surface area contributed by atoms with Crippen LogP contribution in [0, 0.1) is 12.7 Å². The summed E-state index contributed by atoms with van der Waals surface area (Å²) in [6.07, 6.45) is 0. The molecule has 1 aliphatic heterocycles. The molecular weight excluding hydrogens is 383 g/mol. The number of ketones is 1. The molecule has 2 aromatic rings. The molecule has 1 aliphatic rings. The number of sulfonamides is 1. The molecule has 8 heteroatoms. The molecule has 0 aromatic heterocycles. The molecule has 0 spiro atoms. The van der Waals surface area contributed by atoms with Crippen molar-refractivity contribution in [2.24, 2.45) is 0 Å². The fourth-order valence-corrected chi connectivity index (χ4v) is 4.56. The monoisotopic (exact) mass is 404 g/mol. The van der Waals surface area contributed by atoms with Gasteiger partial charge in [-0.25, -0.2) is 12.8 Å². The van der Waals surface area contributed by atoms with Crippen LogP contribution in [0.2, 0.25) is 0 Å². The summed E-state index contributed by atoms with van der Waals surface area (Å²) in [4.78, 5) is 25.7. The van der Waals surface area contributed by atoms with Gasteiger partial charge in [0, 0.05) is 37.3 Å². The zero-order valence-electron chi connectivity index (χ0n) is 15.7. The fourth-order valence-electron chi connectivity index (χ4n) is 3.14. The van der Waals surface area contributed by atoms with Gasteiger partial charge in [0.1, 0.15) is 5.82 Å². The molecule has 0 N–H and O–H groups in total. The van der Waals surface area contributed by atoms with Gasteiger partial charge in [-0.3, -0.25) is 9.59 Å². The maximum Gasteiger partial charge on any atom is 0.254 e. The third kappa shape index (κ3) is 3.98. The number of piperazine rings is 1. The molecule has 1 fully saturated rings. The number of hydrogen-bond donors (Lipinski definition) is 0. The number of aryl methyl sites for hydroxylation is 1. The van der Waals surface area contributed by atoms with E-state index in [-0.39, 0.29) is 48.3 Å². The van der Waals surface area contributed by atoms with Crippen molar-refractivity contribution in [3.63, 3.8) is 0 Å². The summed E-state index contributed by atoms with van der Waals surface area (Å²) in [5, 5.41) is 0. The van der Waals surface area contributed by atoms with Crippen LogP contribution in [-0.2, 0) is 10.0 Å². The first kappa shape index (κ1) is 20.2. The number of amides is 1. The van der Waals surface area contributed by atoms with E-state index in [0.29, 0.717) is 11.1 Å². The summed E-state index contributed by atoms with van der Waals surface area (Å²) in [5.74, 6) is -0.923. The van der Waals surface area contributed by atoms with Gasteiger partial charge in [-0.2, -0.15) is 4.31 Å². The second-order valence-corrected chi connectivity index (χ2v) is 8.67. The van der Waals surface area contributed by atoms with Gasteiger partial charge in [0.15, 0.2) is 5.78 Å². The Labute approximate surface area is 163 Å². The van der Waals surface area contributed by atoms with E-state index < -0.39 is 15.8 Å². The number of Topliss-reactive ketones (excluding diaryl/α,β-unsaturated/α-hetero) is 1. The second kappa shape index (κ2) is 7.81. The minimum absolute atomic E-state index is 0.109. The van der Waals surface area contributed by atoms with E-state index in [2.05, 4.69) is 0 Å². The maximum atomic E-state index is 13.5. The first-order chi connectivity index (χ1) is 13.2. The van der Waals surface area contributed by atoms with Gasteiger partial charge in [-0.1, -0.05) is 18.2 Å². The van der Waals surface area contributed by atoms with E-state index in [1.807, 2.05) is 0 Å². The normalized spacial score (nSPS) is 15.5. The molecule has 0 unspecified atom stereocenters. The maximum absolute atomic E-state index is 13.5. The Bertz CT molecular complexity index is 1010. The quantitative estimate of drug-likeness (QED) is 0.734. The Morgan fingerprint density at radius 2 is 1.57 bits per heavy atom. The molecule has 0 atom stereocenters. The molecule has 0 radical (unpaired) electrons. The van der Waals surface area contributed by atoms with Crippen LogP contribution in [0.1, 0.15) is 33.2 Å². The van der Waals surface area contributed by atoms with E-state index in [4.69, 9.17) is 0 Å². The smallest absolute Gasteiger partial charge is 0.254 e. The third-order valence-corrected chi connectivity index (χ3v) is 6.77. The minimum atomic E-state index is -3.71. The van der Waals surface area contributed by atoms with Crippen molar-refractivity contribution < 1.29 is 22.4 Å². The highest BCUT2D eigenvalue weighted by Crippen LogP contribution is 2.20. The summed E-state index contributed by atoms with van der Waals surface area (Å²) < 4.78 is 40.4. The summed E-state index contributed by atoms with van der Waals surface area (Å²) in [5.41, 5.74) is 1.41. The first-order valence-corrected chi connectivity index (χ1v) is 10.3. The van der Waals surface area contributed by atoms with Crippen molar-refractivity contribution in [1.29, 1.82) is 0 Å². The van der Waals surface area contributed by atoms with E-state index in [1.54, 1.807) is 13.0 Å². The van der Waals surface area contributed by atoms with Gasteiger partial charge >= 0.3 is 0 Å². The summed E-state index contributed by atoms with van der Waals surface area (Å²) >= 11 is 0. The second-order valence-electron chi connectivity index (χ2n) is 6.74. The number of benzene rings is 2. The minimum Gasteiger partial charge on any atom is -0.336 e. The molecular formula is C20H21FN2O4S. The molecule has 1 saturated heterocycles. The molecule has 0 aliphatic carbocycles. The number of halogens is 1. The average Bonchev–Trinajstić information content (AvgIpc) is 2.69. The van der Waals surface area contributed by atoms with Gasteiger partial charge in [0.05, 0.1) is 4.90 Å². The molecule has 1 heterocycles. The number of carbonyl (C=O) groups is 2. The number of rotatable bonds is 4. The third-order valence-electron chi connectivity index (χ3n) is 4.85. The highest BCUT2D eigenvalue weighted by molar-refractivity contribution is 7.89. The Morgan fingerprint density at radius 3 is 2.14 bits per heavy atom. The molecule has 148 valence electrons. The SMILES string of the molecule is CC(=O)c1ccc(S(=O)(=O)N2CCN(C(=O)c3cc(F)ccc3C)CC2)cc1. The lowest BCUT2D eigenvalue weighted by atomic mass is 10.1. The molecule has 3 rings (SSSR count). The van der Waals surface area contributed by atoms with Crippen molar-refractivity contribution in [3.8, 4) is 0 Å². The van der Waals surface area contributed by atoms with Crippen molar-refractivity contribution in [2.75, 3.05) is 26.2 Å². The number of carbonyl (C=O) groups excluding carboxylic acids is 2. The standard InChI is InChI=1S/C20H21FN2O4S/c1-14-3-6-17(21)13-19(14)20(25)22-9-11-23(12-10-22)28(26,27)18-7-4-16(5-8-18)15(2)24/h3-8,13H,9-12H2,1-2H3. The summed E-state index contributed by atoms with van der Waals surface area (Å²) in [6.45, 7) is 3.89. The average molecular weight is 404 g/mol. The van der Waals surface area contributed by atoms with Crippen LogP contribution in [-0.4, -0.2) is 55.5 Å². The van der Waals surface area contributed by atoms with Crippen LogP contribution in [0.4, 0.5) is 4.39 Å². The van der Waals surface area contributed by atoms with Gasteiger partial charge < -0.3 is 4.90 Å².